The summed E-state index contributed by atoms with van der Waals surface area (Å²) in [5.74, 6) is 2.09. The largest absolute Gasteiger partial charge is 0.395 e. The fourth-order valence-corrected chi connectivity index (χ4v) is 4.18. The van der Waals surface area contributed by atoms with Gasteiger partial charge in [-0.15, -0.1) is 0 Å². The molecule has 0 aromatic carbocycles. The highest BCUT2D eigenvalue weighted by atomic mass is 16.3. The van der Waals surface area contributed by atoms with Crippen LogP contribution in [0, 0.1) is 17.8 Å². The third kappa shape index (κ3) is 1.99. The molecule has 0 aromatic heterocycles. The van der Waals surface area contributed by atoms with Crippen molar-refractivity contribution in [2.24, 2.45) is 17.8 Å². The first-order valence-corrected chi connectivity index (χ1v) is 7.24. The third-order valence-corrected chi connectivity index (χ3v) is 5.08. The fraction of sp³-hybridized carbons (Fsp3) is 0.929. The molecule has 3 heteroatoms. The molecule has 0 bridgehead atoms. The van der Waals surface area contributed by atoms with Crippen LogP contribution in [0.2, 0.25) is 0 Å². The van der Waals surface area contributed by atoms with Gasteiger partial charge in [0.2, 0.25) is 5.91 Å². The molecule has 17 heavy (non-hydrogen) atoms. The highest BCUT2D eigenvalue weighted by molar-refractivity contribution is 5.83. The van der Waals surface area contributed by atoms with E-state index in [1.807, 2.05) is 4.90 Å². The van der Waals surface area contributed by atoms with Gasteiger partial charge >= 0.3 is 0 Å². The second-order valence-corrected chi connectivity index (χ2v) is 5.98. The van der Waals surface area contributed by atoms with Gasteiger partial charge in [0.1, 0.15) is 0 Å². The maximum Gasteiger partial charge on any atom is 0.226 e. The van der Waals surface area contributed by atoms with Crippen LogP contribution in [0.25, 0.3) is 0 Å². The number of hydrogen-bond acceptors (Lipinski definition) is 2. The van der Waals surface area contributed by atoms with E-state index in [0.29, 0.717) is 36.2 Å². The van der Waals surface area contributed by atoms with Crippen molar-refractivity contribution in [1.82, 2.24) is 4.90 Å². The van der Waals surface area contributed by atoms with Crippen LogP contribution in [0.1, 0.15) is 44.9 Å². The van der Waals surface area contributed by atoms with E-state index >= 15 is 0 Å². The van der Waals surface area contributed by atoms with Crippen molar-refractivity contribution in [3.63, 3.8) is 0 Å². The molecule has 1 amide bonds. The van der Waals surface area contributed by atoms with Crippen molar-refractivity contribution in [2.75, 3.05) is 13.2 Å². The standard InChI is InChI=1S/C14H23NO2/c16-9-8-15(10-4-1-2-5-10)14(17)13-11-6-3-7-12(11)13/h10-13,16H,1-9H2. The van der Waals surface area contributed by atoms with Crippen LogP contribution >= 0.6 is 0 Å². The Hall–Kier alpha value is -0.570. The Morgan fingerprint density at radius 3 is 2.29 bits per heavy atom. The van der Waals surface area contributed by atoms with Gasteiger partial charge in [-0.25, -0.2) is 0 Å². The molecular weight excluding hydrogens is 214 g/mol. The summed E-state index contributed by atoms with van der Waals surface area (Å²) in [4.78, 5) is 14.5. The van der Waals surface area contributed by atoms with Crippen LogP contribution in [-0.2, 0) is 4.79 Å². The summed E-state index contributed by atoms with van der Waals surface area (Å²) < 4.78 is 0. The van der Waals surface area contributed by atoms with Crippen LogP contribution in [0.5, 0.6) is 0 Å². The van der Waals surface area contributed by atoms with Gasteiger partial charge in [-0.1, -0.05) is 19.3 Å². The Morgan fingerprint density at radius 1 is 1.06 bits per heavy atom. The number of carbonyl (C=O) groups excluding carboxylic acids is 1. The van der Waals surface area contributed by atoms with Crippen molar-refractivity contribution in [1.29, 1.82) is 0 Å². The fourth-order valence-electron chi connectivity index (χ4n) is 4.18. The molecule has 1 N–H and O–H groups in total. The molecule has 3 rings (SSSR count). The minimum Gasteiger partial charge on any atom is -0.395 e. The maximum absolute atomic E-state index is 12.5. The van der Waals surface area contributed by atoms with E-state index in [-0.39, 0.29) is 6.61 Å². The van der Waals surface area contributed by atoms with Crippen molar-refractivity contribution < 1.29 is 9.90 Å². The van der Waals surface area contributed by atoms with Crippen LogP contribution in [-0.4, -0.2) is 35.1 Å². The molecule has 2 unspecified atom stereocenters. The summed E-state index contributed by atoms with van der Waals surface area (Å²) in [5, 5.41) is 9.16. The molecule has 3 aliphatic carbocycles. The van der Waals surface area contributed by atoms with Crippen molar-refractivity contribution in [2.45, 2.75) is 51.0 Å². The normalized spacial score (nSPS) is 35.9. The Labute approximate surface area is 103 Å². The summed E-state index contributed by atoms with van der Waals surface area (Å²) in [5.41, 5.74) is 0. The van der Waals surface area contributed by atoms with Gasteiger partial charge in [-0.05, 0) is 37.5 Å². The second kappa shape index (κ2) is 4.60. The smallest absolute Gasteiger partial charge is 0.226 e. The highest BCUT2D eigenvalue weighted by Crippen LogP contribution is 2.58. The predicted octanol–water partition coefficient (Wildman–Crippen LogP) is 1.80. The number of rotatable bonds is 4. The molecule has 0 radical (unpaired) electrons. The van der Waals surface area contributed by atoms with Gasteiger partial charge in [0.15, 0.2) is 0 Å². The highest BCUT2D eigenvalue weighted by Gasteiger charge is 2.57. The summed E-state index contributed by atoms with van der Waals surface area (Å²) in [6.45, 7) is 0.670. The van der Waals surface area contributed by atoms with Crippen LogP contribution in [0.4, 0.5) is 0 Å². The molecule has 2 atom stereocenters. The Morgan fingerprint density at radius 2 is 1.71 bits per heavy atom. The lowest BCUT2D eigenvalue weighted by Crippen LogP contribution is -2.42. The van der Waals surface area contributed by atoms with Gasteiger partial charge in [0.25, 0.3) is 0 Å². The molecule has 96 valence electrons. The number of aliphatic hydroxyl groups is 1. The van der Waals surface area contributed by atoms with E-state index in [0.717, 1.165) is 12.8 Å². The lowest BCUT2D eigenvalue weighted by atomic mass is 10.1. The third-order valence-electron chi connectivity index (χ3n) is 5.08. The lowest BCUT2D eigenvalue weighted by Gasteiger charge is -2.29. The number of aliphatic hydroxyl groups excluding tert-OH is 1. The summed E-state index contributed by atoms with van der Waals surface area (Å²) in [7, 11) is 0. The first-order chi connectivity index (χ1) is 8.33. The van der Waals surface area contributed by atoms with E-state index in [2.05, 4.69) is 0 Å². The average molecular weight is 237 g/mol. The zero-order valence-electron chi connectivity index (χ0n) is 10.5. The first-order valence-electron chi connectivity index (χ1n) is 7.24. The van der Waals surface area contributed by atoms with E-state index in [4.69, 9.17) is 5.11 Å². The van der Waals surface area contributed by atoms with Crippen LogP contribution in [0.3, 0.4) is 0 Å². The number of nitrogens with zero attached hydrogens (tertiary/aromatic N) is 1. The summed E-state index contributed by atoms with van der Waals surface area (Å²) in [6, 6.07) is 0.427. The van der Waals surface area contributed by atoms with Crippen LogP contribution < -0.4 is 0 Å². The zero-order chi connectivity index (χ0) is 11.8. The molecule has 3 fully saturated rings. The number of carbonyl (C=O) groups is 1. The molecule has 0 spiro atoms. The van der Waals surface area contributed by atoms with Crippen molar-refractivity contribution >= 4 is 5.91 Å². The maximum atomic E-state index is 12.5. The Kier molecular flexibility index (Phi) is 3.12. The van der Waals surface area contributed by atoms with Gasteiger partial charge in [-0.2, -0.15) is 0 Å². The Balaban J connectivity index is 1.64. The minimum atomic E-state index is 0.115. The van der Waals surface area contributed by atoms with E-state index in [1.165, 1.54) is 32.1 Å². The monoisotopic (exact) mass is 237 g/mol. The number of fused-ring (bicyclic) bond motifs is 1. The topological polar surface area (TPSA) is 40.5 Å². The lowest BCUT2D eigenvalue weighted by molar-refractivity contribution is -0.136. The summed E-state index contributed by atoms with van der Waals surface area (Å²) >= 11 is 0. The summed E-state index contributed by atoms with van der Waals surface area (Å²) in [6.07, 6.45) is 8.64. The predicted molar refractivity (Wildman–Crippen MR) is 65.4 cm³/mol. The Bertz CT molecular complexity index is 289. The quantitative estimate of drug-likeness (QED) is 0.810. The van der Waals surface area contributed by atoms with Gasteiger partial charge in [0, 0.05) is 18.5 Å². The van der Waals surface area contributed by atoms with Gasteiger partial charge in [0.05, 0.1) is 6.61 Å². The molecule has 3 nitrogen and oxygen atoms in total. The van der Waals surface area contributed by atoms with Gasteiger partial charge < -0.3 is 10.0 Å². The average Bonchev–Trinajstić information content (AvgIpc) is 2.82. The SMILES string of the molecule is O=C(C1C2CCCC21)N(CCO)C1CCCC1. The van der Waals surface area contributed by atoms with Crippen LogP contribution in [0.15, 0.2) is 0 Å². The van der Waals surface area contributed by atoms with Crippen molar-refractivity contribution in [3.05, 3.63) is 0 Å². The molecule has 3 saturated carbocycles. The number of hydrogen-bond donors (Lipinski definition) is 1. The molecule has 0 aromatic rings. The van der Waals surface area contributed by atoms with E-state index in [9.17, 15) is 4.79 Å². The minimum absolute atomic E-state index is 0.115. The van der Waals surface area contributed by atoms with Gasteiger partial charge in [-0.3, -0.25) is 4.79 Å². The first kappa shape index (κ1) is 11.5. The molecule has 3 aliphatic rings. The zero-order valence-corrected chi connectivity index (χ0v) is 10.5. The second-order valence-electron chi connectivity index (χ2n) is 5.98. The molecule has 0 heterocycles. The molecular formula is C14H23NO2. The van der Waals surface area contributed by atoms with E-state index in [1.54, 1.807) is 0 Å². The number of amides is 1. The van der Waals surface area contributed by atoms with Crippen molar-refractivity contribution in [3.8, 4) is 0 Å². The molecule has 0 saturated heterocycles. The van der Waals surface area contributed by atoms with E-state index < -0.39 is 0 Å². The molecule has 0 aliphatic heterocycles.